The molecule has 0 radical (unpaired) electrons. The van der Waals surface area contributed by atoms with Crippen LogP contribution in [0.3, 0.4) is 0 Å². The van der Waals surface area contributed by atoms with E-state index in [4.69, 9.17) is 21.9 Å². The number of hydrogen-bond donors (Lipinski definition) is 2. The van der Waals surface area contributed by atoms with Crippen LogP contribution in [0.4, 0.5) is 11.5 Å². The highest BCUT2D eigenvalue weighted by molar-refractivity contribution is 7.98. The van der Waals surface area contributed by atoms with Crippen molar-refractivity contribution in [3.8, 4) is 22.8 Å². The van der Waals surface area contributed by atoms with Crippen molar-refractivity contribution < 1.29 is 9.32 Å². The van der Waals surface area contributed by atoms with Crippen LogP contribution in [0, 0.1) is 20.8 Å². The number of anilines is 2. The third kappa shape index (κ3) is 4.74. The van der Waals surface area contributed by atoms with Crippen LogP contribution in [0.5, 0.6) is 0 Å². The molecule has 0 atom stereocenters. The van der Waals surface area contributed by atoms with E-state index in [-0.39, 0.29) is 24.2 Å². The first-order valence-corrected chi connectivity index (χ1v) is 11.7. The monoisotopic (exact) mass is 482 g/mol. The predicted molar refractivity (Wildman–Crippen MR) is 131 cm³/mol. The van der Waals surface area contributed by atoms with Crippen molar-refractivity contribution >= 4 is 40.8 Å². The number of nitrogen functional groups attached to an aromatic ring is 1. The number of halogens is 1. The second kappa shape index (κ2) is 9.29. The van der Waals surface area contributed by atoms with Crippen LogP contribution >= 0.6 is 23.4 Å². The number of carbonyl (C=O) groups excluding carboxylic acids is 1. The number of nitrogens with zero attached hydrogens (tertiary/aromatic N) is 4. The summed E-state index contributed by atoms with van der Waals surface area (Å²) in [6.07, 6.45) is 1.87. The van der Waals surface area contributed by atoms with E-state index in [1.54, 1.807) is 24.3 Å². The molecule has 0 bridgehead atoms. The van der Waals surface area contributed by atoms with Gasteiger partial charge in [0.25, 0.3) is 5.89 Å². The van der Waals surface area contributed by atoms with E-state index < -0.39 is 0 Å². The van der Waals surface area contributed by atoms with Gasteiger partial charge in [-0.05, 0) is 62.4 Å². The average molecular weight is 483 g/mol. The Balaban J connectivity index is 1.59. The van der Waals surface area contributed by atoms with Gasteiger partial charge in [-0.3, -0.25) is 4.79 Å². The quantitative estimate of drug-likeness (QED) is 0.366. The average Bonchev–Trinajstić information content (AvgIpc) is 3.36. The van der Waals surface area contributed by atoms with Gasteiger partial charge in [-0.2, -0.15) is 10.1 Å². The molecular weight excluding hydrogens is 460 g/mol. The molecule has 2 heterocycles. The smallest absolute Gasteiger partial charge is 0.264 e. The number of aromatic nitrogens is 4. The highest BCUT2D eigenvalue weighted by Gasteiger charge is 2.24. The third-order valence-corrected chi connectivity index (χ3v) is 6.05. The molecule has 3 N–H and O–H groups in total. The van der Waals surface area contributed by atoms with Crippen molar-refractivity contribution in [2.45, 2.75) is 32.3 Å². The molecule has 2 aromatic heterocycles. The Labute approximate surface area is 200 Å². The molecule has 0 saturated heterocycles. The molecule has 0 aliphatic rings. The highest BCUT2D eigenvalue weighted by Crippen LogP contribution is 2.35. The van der Waals surface area contributed by atoms with Gasteiger partial charge in [0.2, 0.25) is 11.7 Å². The van der Waals surface area contributed by atoms with Crippen LogP contribution < -0.4 is 11.1 Å². The van der Waals surface area contributed by atoms with Gasteiger partial charge in [0, 0.05) is 16.3 Å². The summed E-state index contributed by atoms with van der Waals surface area (Å²) in [5, 5.41) is 12.7. The van der Waals surface area contributed by atoms with E-state index in [9.17, 15) is 4.79 Å². The molecule has 33 heavy (non-hydrogen) atoms. The van der Waals surface area contributed by atoms with Crippen LogP contribution in [0.25, 0.3) is 22.8 Å². The van der Waals surface area contributed by atoms with Crippen molar-refractivity contribution in [2.75, 3.05) is 17.3 Å². The Morgan fingerprint density at radius 1 is 1.18 bits per heavy atom. The Kier molecular flexibility index (Phi) is 6.44. The summed E-state index contributed by atoms with van der Waals surface area (Å²) in [6.45, 7) is 5.91. The lowest BCUT2D eigenvalue weighted by molar-refractivity contribution is -0.116. The maximum Gasteiger partial charge on any atom is 0.264 e. The molecule has 0 saturated carbocycles. The summed E-state index contributed by atoms with van der Waals surface area (Å²) < 4.78 is 6.92. The number of hydrogen-bond acceptors (Lipinski definition) is 7. The zero-order valence-corrected chi connectivity index (χ0v) is 20.2. The summed E-state index contributed by atoms with van der Waals surface area (Å²) in [7, 11) is 0. The van der Waals surface area contributed by atoms with E-state index in [1.165, 1.54) is 16.4 Å². The molecule has 4 aromatic rings. The number of thioether (sulfide) groups is 1. The molecule has 4 rings (SSSR count). The zero-order chi connectivity index (χ0) is 23.7. The summed E-state index contributed by atoms with van der Waals surface area (Å²) >= 11 is 7.33. The first-order valence-electron chi connectivity index (χ1n) is 10.1. The van der Waals surface area contributed by atoms with Crippen LogP contribution in [-0.4, -0.2) is 32.1 Å². The van der Waals surface area contributed by atoms with Crippen molar-refractivity contribution in [3.05, 3.63) is 58.1 Å². The number of aryl methyl sites for hydroxylation is 3. The maximum absolute atomic E-state index is 12.8. The Morgan fingerprint density at radius 3 is 2.48 bits per heavy atom. The van der Waals surface area contributed by atoms with E-state index in [0.29, 0.717) is 21.4 Å². The van der Waals surface area contributed by atoms with Gasteiger partial charge in [-0.15, -0.1) is 11.8 Å². The van der Waals surface area contributed by atoms with Crippen LogP contribution in [0.2, 0.25) is 5.02 Å². The maximum atomic E-state index is 12.8. The summed E-state index contributed by atoms with van der Waals surface area (Å²) in [5.74, 6) is 0.687. The van der Waals surface area contributed by atoms with Gasteiger partial charge in [0.1, 0.15) is 23.0 Å². The van der Waals surface area contributed by atoms with Crippen molar-refractivity contribution in [3.63, 3.8) is 0 Å². The molecule has 0 unspecified atom stereocenters. The molecule has 2 aromatic carbocycles. The molecule has 10 heteroatoms. The number of carbonyl (C=O) groups is 1. The standard InChI is InChI=1S/C23H23ClN6O2S/c1-12-9-13(2)19(14(3)10-12)26-17(31)11-30-20(25)18(23(28-30)33-4)22-27-21(29-32-22)15-5-7-16(24)8-6-15/h5-10H,11,25H2,1-4H3,(H,26,31). The Morgan fingerprint density at radius 2 is 1.85 bits per heavy atom. The lowest BCUT2D eigenvalue weighted by atomic mass is 10.1. The molecular formula is C23H23ClN6O2S. The number of rotatable bonds is 6. The second-order valence-electron chi connectivity index (χ2n) is 7.68. The van der Waals surface area contributed by atoms with Gasteiger partial charge in [-0.1, -0.05) is 34.5 Å². The summed E-state index contributed by atoms with van der Waals surface area (Å²) in [6, 6.07) is 11.2. The minimum Gasteiger partial charge on any atom is -0.383 e. The van der Waals surface area contributed by atoms with E-state index in [2.05, 4.69) is 20.6 Å². The molecule has 8 nitrogen and oxygen atoms in total. The number of amides is 1. The van der Waals surface area contributed by atoms with Gasteiger partial charge >= 0.3 is 0 Å². The van der Waals surface area contributed by atoms with Gasteiger partial charge in [0.05, 0.1) is 0 Å². The van der Waals surface area contributed by atoms with Crippen LogP contribution in [-0.2, 0) is 11.3 Å². The predicted octanol–water partition coefficient (Wildman–Crippen LogP) is 5.12. The van der Waals surface area contributed by atoms with Crippen molar-refractivity contribution in [2.24, 2.45) is 0 Å². The first kappa shape index (κ1) is 22.9. The fourth-order valence-electron chi connectivity index (χ4n) is 3.65. The van der Waals surface area contributed by atoms with E-state index in [0.717, 1.165) is 27.9 Å². The first-order chi connectivity index (χ1) is 15.8. The van der Waals surface area contributed by atoms with E-state index in [1.807, 2.05) is 39.2 Å². The van der Waals surface area contributed by atoms with E-state index >= 15 is 0 Å². The largest absolute Gasteiger partial charge is 0.383 e. The molecule has 0 aliphatic carbocycles. The summed E-state index contributed by atoms with van der Waals surface area (Å²) in [4.78, 5) is 17.3. The normalized spacial score (nSPS) is 11.1. The number of benzene rings is 2. The van der Waals surface area contributed by atoms with Crippen molar-refractivity contribution in [1.82, 2.24) is 19.9 Å². The highest BCUT2D eigenvalue weighted by atomic mass is 35.5. The van der Waals surface area contributed by atoms with Gasteiger partial charge < -0.3 is 15.6 Å². The van der Waals surface area contributed by atoms with Gasteiger partial charge in [-0.25, -0.2) is 4.68 Å². The van der Waals surface area contributed by atoms with Gasteiger partial charge in [0.15, 0.2) is 0 Å². The summed E-state index contributed by atoms with van der Waals surface area (Å²) in [5.41, 5.74) is 11.6. The number of nitrogens with one attached hydrogen (secondary N) is 1. The minimum atomic E-state index is -0.231. The SMILES string of the molecule is CSc1nn(CC(=O)Nc2c(C)cc(C)cc2C)c(N)c1-c1nc(-c2ccc(Cl)cc2)no1. The fourth-order valence-corrected chi connectivity index (χ4v) is 4.35. The number of nitrogens with two attached hydrogens (primary N) is 1. The molecule has 170 valence electrons. The molecule has 0 spiro atoms. The second-order valence-corrected chi connectivity index (χ2v) is 8.91. The van der Waals surface area contributed by atoms with Crippen molar-refractivity contribution in [1.29, 1.82) is 0 Å². The molecule has 1 amide bonds. The fraction of sp³-hybridized carbons (Fsp3) is 0.217. The Bertz CT molecular complexity index is 1310. The molecule has 0 aliphatic heterocycles. The topological polar surface area (TPSA) is 112 Å². The molecule has 0 fully saturated rings. The third-order valence-electron chi connectivity index (χ3n) is 5.13. The lowest BCUT2D eigenvalue weighted by Crippen LogP contribution is -2.21. The van der Waals surface area contributed by atoms with Crippen LogP contribution in [0.15, 0.2) is 45.9 Å². The lowest BCUT2D eigenvalue weighted by Gasteiger charge is -2.13. The Hall–Kier alpha value is -3.30. The zero-order valence-electron chi connectivity index (χ0n) is 18.6. The minimum absolute atomic E-state index is 0.0513. The van der Waals surface area contributed by atoms with Crippen LogP contribution in [0.1, 0.15) is 16.7 Å².